The maximum absolute atomic E-state index is 12.8. The number of nitrogens with one attached hydrogen (secondary N) is 1. The van der Waals surface area contributed by atoms with Crippen molar-refractivity contribution in [2.24, 2.45) is 0 Å². The number of methoxy groups -OCH3 is 1. The second-order valence-corrected chi connectivity index (χ2v) is 6.52. The van der Waals surface area contributed by atoms with E-state index in [9.17, 15) is 9.59 Å². The van der Waals surface area contributed by atoms with Gasteiger partial charge in [0.2, 0.25) is 11.7 Å². The quantitative estimate of drug-likeness (QED) is 0.703. The van der Waals surface area contributed by atoms with E-state index in [4.69, 9.17) is 4.74 Å². The molecule has 1 unspecified atom stereocenters. The number of para-hydroxylation sites is 2. The van der Waals surface area contributed by atoms with Gasteiger partial charge in [-0.15, -0.1) is 0 Å². The molecule has 2 heterocycles. The molecule has 5 heteroatoms. The molecule has 0 saturated heterocycles. The predicted molar refractivity (Wildman–Crippen MR) is 103 cm³/mol. The first-order valence-electron chi connectivity index (χ1n) is 8.92. The van der Waals surface area contributed by atoms with Gasteiger partial charge in [0.05, 0.1) is 24.4 Å². The molecule has 0 saturated carbocycles. The highest BCUT2D eigenvalue weighted by atomic mass is 16.5. The molecule has 0 fully saturated rings. The number of rotatable bonds is 5. The molecule has 1 N–H and O–H groups in total. The van der Waals surface area contributed by atoms with Gasteiger partial charge in [0, 0.05) is 17.8 Å². The van der Waals surface area contributed by atoms with Crippen molar-refractivity contribution in [1.82, 2.24) is 4.57 Å². The fourth-order valence-electron chi connectivity index (χ4n) is 3.61. The molecule has 1 aliphatic heterocycles. The molecule has 1 aromatic heterocycles. The fourth-order valence-corrected chi connectivity index (χ4v) is 3.61. The van der Waals surface area contributed by atoms with E-state index in [0.29, 0.717) is 35.7 Å². The number of amides is 1. The van der Waals surface area contributed by atoms with Crippen molar-refractivity contribution in [2.75, 3.05) is 12.4 Å². The Kier molecular flexibility index (Phi) is 4.50. The number of carbonyl (C=O) groups excluding carboxylic acids is 2. The van der Waals surface area contributed by atoms with Crippen LogP contribution in [-0.2, 0) is 11.3 Å². The van der Waals surface area contributed by atoms with Crippen LogP contribution in [0.2, 0.25) is 0 Å². The van der Waals surface area contributed by atoms with Crippen LogP contribution < -0.4 is 10.1 Å². The van der Waals surface area contributed by atoms with Crippen molar-refractivity contribution < 1.29 is 14.3 Å². The van der Waals surface area contributed by atoms with E-state index in [1.807, 2.05) is 71.3 Å². The molecule has 3 aromatic rings. The van der Waals surface area contributed by atoms with Crippen LogP contribution in [0.4, 0.5) is 5.69 Å². The summed E-state index contributed by atoms with van der Waals surface area (Å²) in [6, 6.07) is 20.2. The zero-order chi connectivity index (χ0) is 18.8. The first kappa shape index (κ1) is 17.1. The van der Waals surface area contributed by atoms with Gasteiger partial charge in [-0.2, -0.15) is 0 Å². The van der Waals surface area contributed by atoms with Crippen molar-refractivity contribution in [2.45, 2.75) is 18.9 Å². The topological polar surface area (TPSA) is 60.3 Å². The Morgan fingerprint density at radius 1 is 1.00 bits per heavy atom. The van der Waals surface area contributed by atoms with Crippen molar-refractivity contribution in [3.63, 3.8) is 0 Å². The van der Waals surface area contributed by atoms with E-state index in [-0.39, 0.29) is 17.6 Å². The first-order chi connectivity index (χ1) is 13.2. The monoisotopic (exact) mass is 360 g/mol. The summed E-state index contributed by atoms with van der Waals surface area (Å²) < 4.78 is 7.26. The van der Waals surface area contributed by atoms with Crippen LogP contribution in [0, 0.1) is 0 Å². The van der Waals surface area contributed by atoms with E-state index >= 15 is 0 Å². The van der Waals surface area contributed by atoms with Gasteiger partial charge in [-0.1, -0.05) is 42.5 Å². The molecule has 1 atom stereocenters. The minimum atomic E-state index is -0.285. The van der Waals surface area contributed by atoms with Gasteiger partial charge in [-0.25, -0.2) is 0 Å². The summed E-state index contributed by atoms with van der Waals surface area (Å²) >= 11 is 0. The minimum absolute atomic E-state index is 0.0207. The molecule has 0 aliphatic carbocycles. The van der Waals surface area contributed by atoms with Crippen LogP contribution >= 0.6 is 0 Å². The van der Waals surface area contributed by atoms with Crippen molar-refractivity contribution in [3.8, 4) is 5.75 Å². The summed E-state index contributed by atoms with van der Waals surface area (Å²) in [6.07, 6.45) is 0.673. The minimum Gasteiger partial charge on any atom is -0.495 e. The Morgan fingerprint density at radius 3 is 2.52 bits per heavy atom. The Balaban J connectivity index is 1.57. The SMILES string of the molecule is COc1ccccc1NC(=O)C1CCn2c(C(=O)c3ccccc3)ccc21. The largest absolute Gasteiger partial charge is 0.495 e. The van der Waals surface area contributed by atoms with Gasteiger partial charge in [-0.3, -0.25) is 9.59 Å². The van der Waals surface area contributed by atoms with E-state index in [0.717, 1.165) is 5.69 Å². The average molecular weight is 360 g/mol. The van der Waals surface area contributed by atoms with Crippen molar-refractivity contribution in [1.29, 1.82) is 0 Å². The van der Waals surface area contributed by atoms with E-state index in [1.165, 1.54) is 0 Å². The van der Waals surface area contributed by atoms with Gasteiger partial charge >= 0.3 is 0 Å². The number of hydrogen-bond donors (Lipinski definition) is 1. The van der Waals surface area contributed by atoms with Gasteiger partial charge in [0.15, 0.2) is 0 Å². The van der Waals surface area contributed by atoms with E-state index < -0.39 is 0 Å². The van der Waals surface area contributed by atoms with Gasteiger partial charge in [0.1, 0.15) is 5.75 Å². The Hall–Kier alpha value is -3.34. The smallest absolute Gasteiger partial charge is 0.233 e. The number of ketones is 1. The summed E-state index contributed by atoms with van der Waals surface area (Å²) in [7, 11) is 1.58. The number of benzene rings is 2. The number of nitrogens with zero attached hydrogens (tertiary/aromatic N) is 1. The zero-order valence-electron chi connectivity index (χ0n) is 15.0. The molecular weight excluding hydrogens is 340 g/mol. The molecule has 4 rings (SSSR count). The molecule has 1 amide bonds. The van der Waals surface area contributed by atoms with Gasteiger partial charge in [-0.05, 0) is 30.7 Å². The van der Waals surface area contributed by atoms with Crippen molar-refractivity contribution in [3.05, 3.63) is 83.7 Å². The highest BCUT2D eigenvalue weighted by Crippen LogP contribution is 2.33. The Morgan fingerprint density at radius 2 is 1.74 bits per heavy atom. The summed E-state index contributed by atoms with van der Waals surface area (Å²) in [5.74, 6) is 0.231. The Labute approximate surface area is 157 Å². The third kappa shape index (κ3) is 3.12. The summed E-state index contributed by atoms with van der Waals surface area (Å²) in [5.41, 5.74) is 2.81. The van der Waals surface area contributed by atoms with Crippen LogP contribution in [0.3, 0.4) is 0 Å². The number of carbonyl (C=O) groups is 2. The number of aromatic nitrogens is 1. The summed E-state index contributed by atoms with van der Waals surface area (Å²) in [5, 5.41) is 2.95. The molecule has 5 nitrogen and oxygen atoms in total. The number of hydrogen-bond acceptors (Lipinski definition) is 3. The molecule has 0 radical (unpaired) electrons. The van der Waals surface area contributed by atoms with Gasteiger partial charge < -0.3 is 14.6 Å². The normalized spacial score (nSPS) is 15.2. The standard InChI is InChI=1S/C22H20N2O3/c1-27-20-10-6-5-9-17(20)23-22(26)16-13-14-24-18(16)11-12-19(24)21(25)15-7-3-2-4-8-15/h2-12,16H,13-14H2,1H3,(H,23,26). The molecule has 136 valence electrons. The maximum Gasteiger partial charge on any atom is 0.233 e. The van der Waals surface area contributed by atoms with Crippen LogP contribution in [-0.4, -0.2) is 23.4 Å². The molecule has 0 spiro atoms. The maximum atomic E-state index is 12.8. The third-order valence-corrected chi connectivity index (χ3v) is 4.96. The van der Waals surface area contributed by atoms with Gasteiger partial charge in [0.25, 0.3) is 0 Å². The van der Waals surface area contributed by atoms with Crippen LogP contribution in [0.1, 0.15) is 34.1 Å². The number of fused-ring (bicyclic) bond motifs is 1. The lowest BCUT2D eigenvalue weighted by Crippen LogP contribution is -2.19. The lowest BCUT2D eigenvalue weighted by atomic mass is 10.0. The molecule has 0 bridgehead atoms. The molecular formula is C22H20N2O3. The molecule has 27 heavy (non-hydrogen) atoms. The zero-order valence-corrected chi connectivity index (χ0v) is 15.0. The van der Waals surface area contributed by atoms with E-state index in [2.05, 4.69) is 5.32 Å². The fraction of sp³-hybridized carbons (Fsp3) is 0.182. The number of anilines is 1. The second kappa shape index (κ2) is 7.11. The molecule has 2 aromatic carbocycles. The van der Waals surface area contributed by atoms with Crippen LogP contribution in [0.5, 0.6) is 5.75 Å². The number of ether oxygens (including phenoxy) is 1. The molecule has 1 aliphatic rings. The Bertz CT molecular complexity index is 992. The highest BCUT2D eigenvalue weighted by molar-refractivity contribution is 6.08. The third-order valence-electron chi connectivity index (χ3n) is 4.96. The lowest BCUT2D eigenvalue weighted by Gasteiger charge is -2.13. The second-order valence-electron chi connectivity index (χ2n) is 6.52. The average Bonchev–Trinajstić information content (AvgIpc) is 3.30. The first-order valence-corrected chi connectivity index (χ1v) is 8.92. The summed E-state index contributed by atoms with van der Waals surface area (Å²) in [6.45, 7) is 0.653. The lowest BCUT2D eigenvalue weighted by molar-refractivity contribution is -0.117. The highest BCUT2D eigenvalue weighted by Gasteiger charge is 2.32. The summed E-state index contributed by atoms with van der Waals surface area (Å²) in [4.78, 5) is 25.6. The predicted octanol–water partition coefficient (Wildman–Crippen LogP) is 3.85. The van der Waals surface area contributed by atoms with Crippen molar-refractivity contribution >= 4 is 17.4 Å². The van der Waals surface area contributed by atoms with E-state index in [1.54, 1.807) is 7.11 Å². The van der Waals surface area contributed by atoms with Crippen LogP contribution in [0.25, 0.3) is 0 Å². The van der Waals surface area contributed by atoms with Crippen LogP contribution in [0.15, 0.2) is 66.7 Å².